The Bertz CT molecular complexity index is 831. The van der Waals surface area contributed by atoms with Crippen molar-refractivity contribution in [3.63, 3.8) is 0 Å². The van der Waals surface area contributed by atoms with Crippen LogP contribution in [0.4, 0.5) is 4.39 Å². The van der Waals surface area contributed by atoms with Crippen LogP contribution in [0.5, 0.6) is 5.75 Å². The third kappa shape index (κ3) is 4.49. The summed E-state index contributed by atoms with van der Waals surface area (Å²) in [6.45, 7) is 5.58. The van der Waals surface area contributed by atoms with Crippen molar-refractivity contribution in [3.8, 4) is 11.8 Å². The average molecular weight is 370 g/mol. The molecular formula is C21H27FN4O. The van der Waals surface area contributed by atoms with Gasteiger partial charge in [0.05, 0.1) is 7.11 Å². The van der Waals surface area contributed by atoms with Gasteiger partial charge in [0.2, 0.25) is 0 Å². The molecule has 1 saturated heterocycles. The van der Waals surface area contributed by atoms with E-state index in [1.165, 1.54) is 12.7 Å². The summed E-state index contributed by atoms with van der Waals surface area (Å²) in [7, 11) is 3.41. The van der Waals surface area contributed by atoms with Gasteiger partial charge in [-0.3, -0.25) is 4.90 Å². The molecule has 1 aliphatic heterocycles. The van der Waals surface area contributed by atoms with Crippen LogP contribution in [-0.4, -0.2) is 35.7 Å². The summed E-state index contributed by atoms with van der Waals surface area (Å²) in [6, 6.07) is 9.85. The number of hydrogen-bond donors (Lipinski definition) is 1. The number of nitriles is 1. The lowest BCUT2D eigenvalue weighted by atomic mass is 10.0. The first-order valence-electron chi connectivity index (χ1n) is 9.35. The molecule has 0 amide bonds. The van der Waals surface area contributed by atoms with Gasteiger partial charge in [-0.1, -0.05) is 6.07 Å². The number of piperidine rings is 1. The minimum atomic E-state index is -0.304. The first-order chi connectivity index (χ1) is 13.0. The first kappa shape index (κ1) is 19.4. The highest BCUT2D eigenvalue weighted by atomic mass is 19.1. The Morgan fingerprint density at radius 1 is 1.30 bits per heavy atom. The predicted octanol–water partition coefficient (Wildman–Crippen LogP) is 3.11. The van der Waals surface area contributed by atoms with Crippen LogP contribution in [0.15, 0.2) is 24.3 Å². The van der Waals surface area contributed by atoms with Crippen LogP contribution in [0.1, 0.15) is 35.4 Å². The van der Waals surface area contributed by atoms with E-state index in [1.54, 1.807) is 12.1 Å². The Kier molecular flexibility index (Phi) is 6.15. The fraction of sp³-hybridized carbons (Fsp3) is 0.476. The SMILES string of the molecule is COc1ccc(CN2CCC(NCc3cc(C#N)n(C)c3C)CC2)cc1F. The highest BCUT2D eigenvalue weighted by Gasteiger charge is 2.20. The van der Waals surface area contributed by atoms with Crippen molar-refractivity contribution in [2.24, 2.45) is 7.05 Å². The predicted molar refractivity (Wildman–Crippen MR) is 103 cm³/mol. The molecule has 5 nitrogen and oxygen atoms in total. The molecule has 0 saturated carbocycles. The topological polar surface area (TPSA) is 53.2 Å². The number of benzene rings is 1. The Labute approximate surface area is 160 Å². The zero-order valence-corrected chi connectivity index (χ0v) is 16.3. The van der Waals surface area contributed by atoms with Crippen molar-refractivity contribution in [3.05, 3.63) is 52.6 Å². The van der Waals surface area contributed by atoms with E-state index in [1.807, 2.05) is 23.7 Å². The molecule has 2 heterocycles. The minimum absolute atomic E-state index is 0.289. The lowest BCUT2D eigenvalue weighted by Crippen LogP contribution is -2.41. The number of likely N-dealkylation sites (tertiary alicyclic amines) is 1. The smallest absolute Gasteiger partial charge is 0.165 e. The molecular weight excluding hydrogens is 343 g/mol. The van der Waals surface area contributed by atoms with Crippen LogP contribution < -0.4 is 10.1 Å². The highest BCUT2D eigenvalue weighted by molar-refractivity contribution is 5.34. The lowest BCUT2D eigenvalue weighted by molar-refractivity contribution is 0.190. The molecule has 1 N–H and O–H groups in total. The van der Waals surface area contributed by atoms with Gasteiger partial charge in [0.1, 0.15) is 11.8 Å². The number of halogens is 1. The van der Waals surface area contributed by atoms with E-state index in [9.17, 15) is 4.39 Å². The van der Waals surface area contributed by atoms with Gasteiger partial charge in [0.25, 0.3) is 0 Å². The van der Waals surface area contributed by atoms with Gasteiger partial charge < -0.3 is 14.6 Å². The monoisotopic (exact) mass is 370 g/mol. The van der Waals surface area contributed by atoms with E-state index in [2.05, 4.69) is 23.2 Å². The van der Waals surface area contributed by atoms with Gasteiger partial charge in [-0.05, 0) is 62.2 Å². The quantitative estimate of drug-likeness (QED) is 0.849. The molecule has 27 heavy (non-hydrogen) atoms. The van der Waals surface area contributed by atoms with Gasteiger partial charge in [0, 0.05) is 31.9 Å². The molecule has 0 aliphatic carbocycles. The van der Waals surface area contributed by atoms with Crippen LogP contribution in [-0.2, 0) is 20.1 Å². The molecule has 0 atom stereocenters. The van der Waals surface area contributed by atoms with Crippen LogP contribution in [0.25, 0.3) is 0 Å². The summed E-state index contributed by atoms with van der Waals surface area (Å²) in [5.74, 6) is -0.0149. The second-order valence-corrected chi connectivity index (χ2v) is 7.21. The maximum atomic E-state index is 13.8. The van der Waals surface area contributed by atoms with Crippen molar-refractivity contribution in [2.45, 2.75) is 38.9 Å². The van der Waals surface area contributed by atoms with Crippen LogP contribution in [0.2, 0.25) is 0 Å². The average Bonchev–Trinajstić information content (AvgIpc) is 2.95. The number of nitrogens with one attached hydrogen (secondary N) is 1. The molecule has 0 radical (unpaired) electrons. The standard InChI is InChI=1S/C21H27FN4O/c1-15-17(11-19(12-23)25(15)2)13-24-18-6-8-26(9-7-18)14-16-4-5-21(27-3)20(22)10-16/h4-5,10-11,18,24H,6-9,13-14H2,1-3H3. The van der Waals surface area contributed by atoms with Crippen LogP contribution >= 0.6 is 0 Å². The van der Waals surface area contributed by atoms with Crippen molar-refractivity contribution in [1.82, 2.24) is 14.8 Å². The number of ether oxygens (including phenoxy) is 1. The molecule has 1 fully saturated rings. The van der Waals surface area contributed by atoms with E-state index in [0.29, 0.717) is 11.7 Å². The summed E-state index contributed by atoms with van der Waals surface area (Å²) >= 11 is 0. The van der Waals surface area contributed by atoms with Crippen molar-refractivity contribution >= 4 is 0 Å². The fourth-order valence-corrected chi connectivity index (χ4v) is 3.66. The summed E-state index contributed by atoms with van der Waals surface area (Å²) in [6.07, 6.45) is 2.13. The second-order valence-electron chi connectivity index (χ2n) is 7.21. The molecule has 0 bridgehead atoms. The summed E-state index contributed by atoms with van der Waals surface area (Å²) < 4.78 is 20.8. The van der Waals surface area contributed by atoms with Crippen molar-refractivity contribution < 1.29 is 9.13 Å². The Morgan fingerprint density at radius 3 is 2.63 bits per heavy atom. The second kappa shape index (κ2) is 8.55. The Hall–Kier alpha value is -2.36. The van der Waals surface area contributed by atoms with Gasteiger partial charge in [-0.15, -0.1) is 0 Å². The minimum Gasteiger partial charge on any atom is -0.494 e. The van der Waals surface area contributed by atoms with E-state index < -0.39 is 0 Å². The largest absolute Gasteiger partial charge is 0.494 e. The van der Waals surface area contributed by atoms with Crippen molar-refractivity contribution in [1.29, 1.82) is 5.26 Å². The molecule has 2 aromatic rings. The zero-order chi connectivity index (χ0) is 19.4. The summed E-state index contributed by atoms with van der Waals surface area (Å²) in [4.78, 5) is 2.36. The van der Waals surface area contributed by atoms with Gasteiger partial charge in [-0.25, -0.2) is 4.39 Å². The molecule has 1 aromatic carbocycles. The van der Waals surface area contributed by atoms with E-state index in [4.69, 9.17) is 10.00 Å². The van der Waals surface area contributed by atoms with Crippen LogP contribution in [0, 0.1) is 24.1 Å². The molecule has 1 aromatic heterocycles. The van der Waals surface area contributed by atoms with E-state index in [0.717, 1.165) is 50.3 Å². The number of nitrogens with zero attached hydrogens (tertiary/aromatic N) is 3. The van der Waals surface area contributed by atoms with Gasteiger partial charge in [-0.2, -0.15) is 5.26 Å². The molecule has 1 aliphatic rings. The Morgan fingerprint density at radius 2 is 2.04 bits per heavy atom. The lowest BCUT2D eigenvalue weighted by Gasteiger charge is -2.32. The molecule has 0 unspecified atom stereocenters. The van der Waals surface area contributed by atoms with Crippen molar-refractivity contribution in [2.75, 3.05) is 20.2 Å². The van der Waals surface area contributed by atoms with E-state index >= 15 is 0 Å². The number of aromatic nitrogens is 1. The number of rotatable bonds is 6. The first-order valence-corrected chi connectivity index (χ1v) is 9.35. The van der Waals surface area contributed by atoms with E-state index in [-0.39, 0.29) is 11.6 Å². The van der Waals surface area contributed by atoms with Gasteiger partial charge >= 0.3 is 0 Å². The number of methoxy groups -OCH3 is 1. The third-order valence-corrected chi connectivity index (χ3v) is 5.55. The summed E-state index contributed by atoms with van der Waals surface area (Å²) in [5, 5.41) is 12.8. The third-order valence-electron chi connectivity index (χ3n) is 5.55. The highest BCUT2D eigenvalue weighted by Crippen LogP contribution is 2.21. The Balaban J connectivity index is 1.48. The molecule has 6 heteroatoms. The maximum absolute atomic E-state index is 13.8. The zero-order valence-electron chi connectivity index (χ0n) is 16.3. The maximum Gasteiger partial charge on any atom is 0.165 e. The van der Waals surface area contributed by atoms with Gasteiger partial charge in [0.15, 0.2) is 11.6 Å². The molecule has 3 rings (SSSR count). The molecule has 144 valence electrons. The fourth-order valence-electron chi connectivity index (χ4n) is 3.66. The van der Waals surface area contributed by atoms with Crippen LogP contribution in [0.3, 0.4) is 0 Å². The normalized spacial score (nSPS) is 15.7. The summed E-state index contributed by atoms with van der Waals surface area (Å²) in [5.41, 5.74) is 4.00. The molecule has 0 spiro atoms. The number of hydrogen-bond acceptors (Lipinski definition) is 4.